The summed E-state index contributed by atoms with van der Waals surface area (Å²) in [4.78, 5) is 17.0. The lowest BCUT2D eigenvalue weighted by atomic mass is 10.0. The van der Waals surface area contributed by atoms with Crippen LogP contribution >= 0.6 is 0 Å². The molecule has 0 radical (unpaired) electrons. The van der Waals surface area contributed by atoms with Gasteiger partial charge in [0.25, 0.3) is 5.91 Å². The number of para-hydroxylation sites is 1. The number of nitrogens with zero attached hydrogens (tertiary/aromatic N) is 1. The molecule has 22 heavy (non-hydrogen) atoms. The van der Waals surface area contributed by atoms with Gasteiger partial charge < -0.3 is 5.32 Å². The lowest BCUT2D eigenvalue weighted by Gasteiger charge is -2.10. The van der Waals surface area contributed by atoms with Crippen molar-refractivity contribution in [3.05, 3.63) is 71.2 Å². The van der Waals surface area contributed by atoms with Crippen molar-refractivity contribution in [1.82, 2.24) is 4.98 Å². The van der Waals surface area contributed by atoms with E-state index in [0.29, 0.717) is 5.56 Å². The Morgan fingerprint density at radius 3 is 2.64 bits per heavy atom. The molecule has 0 fully saturated rings. The van der Waals surface area contributed by atoms with Gasteiger partial charge in [-0.15, -0.1) is 0 Å². The SMILES string of the molecule is Cc1ccc2nc(C)cc(C(=O)Nc3ccccc3F)c2c1. The lowest BCUT2D eigenvalue weighted by molar-refractivity contribution is 0.102. The highest BCUT2D eigenvalue weighted by molar-refractivity contribution is 6.12. The van der Waals surface area contributed by atoms with E-state index in [4.69, 9.17) is 0 Å². The Kier molecular flexibility index (Phi) is 3.59. The summed E-state index contributed by atoms with van der Waals surface area (Å²) in [5.74, 6) is -0.798. The number of pyridine rings is 1. The Morgan fingerprint density at radius 1 is 1.09 bits per heavy atom. The van der Waals surface area contributed by atoms with E-state index in [2.05, 4.69) is 10.3 Å². The fourth-order valence-electron chi connectivity index (χ4n) is 2.41. The Bertz CT molecular complexity index is 874. The number of fused-ring (bicyclic) bond motifs is 1. The van der Waals surface area contributed by atoms with Crippen molar-refractivity contribution in [2.24, 2.45) is 0 Å². The van der Waals surface area contributed by atoms with Crippen LogP contribution in [0.15, 0.2) is 48.5 Å². The molecule has 0 saturated heterocycles. The zero-order valence-corrected chi connectivity index (χ0v) is 12.4. The second kappa shape index (κ2) is 5.56. The Balaban J connectivity index is 2.07. The summed E-state index contributed by atoms with van der Waals surface area (Å²) in [5, 5.41) is 3.39. The fourth-order valence-corrected chi connectivity index (χ4v) is 2.41. The minimum atomic E-state index is -0.456. The highest BCUT2D eigenvalue weighted by Gasteiger charge is 2.14. The molecule has 1 aromatic heterocycles. The summed E-state index contributed by atoms with van der Waals surface area (Å²) in [6, 6.07) is 13.6. The first-order valence-corrected chi connectivity index (χ1v) is 6.98. The smallest absolute Gasteiger partial charge is 0.256 e. The zero-order chi connectivity index (χ0) is 15.7. The third-order valence-corrected chi connectivity index (χ3v) is 3.46. The summed E-state index contributed by atoms with van der Waals surface area (Å²) in [6.45, 7) is 3.79. The van der Waals surface area contributed by atoms with Crippen LogP contribution < -0.4 is 5.32 Å². The second-order valence-electron chi connectivity index (χ2n) is 5.27. The number of amides is 1. The first kappa shape index (κ1) is 14.2. The molecule has 110 valence electrons. The Hall–Kier alpha value is -2.75. The molecule has 1 amide bonds. The number of aryl methyl sites for hydroxylation is 2. The van der Waals surface area contributed by atoms with Gasteiger partial charge in [0.15, 0.2) is 0 Å². The van der Waals surface area contributed by atoms with Gasteiger partial charge in [-0.25, -0.2) is 4.39 Å². The van der Waals surface area contributed by atoms with Gasteiger partial charge in [-0.1, -0.05) is 23.8 Å². The van der Waals surface area contributed by atoms with E-state index in [1.54, 1.807) is 18.2 Å². The molecular formula is C18H15FN2O. The average Bonchev–Trinajstić information content (AvgIpc) is 2.49. The second-order valence-corrected chi connectivity index (χ2v) is 5.27. The van der Waals surface area contributed by atoms with Crippen LogP contribution in [-0.2, 0) is 0 Å². The van der Waals surface area contributed by atoms with Crippen molar-refractivity contribution >= 4 is 22.5 Å². The number of benzene rings is 2. The largest absolute Gasteiger partial charge is 0.319 e. The van der Waals surface area contributed by atoms with Crippen LogP contribution in [0.1, 0.15) is 21.6 Å². The maximum absolute atomic E-state index is 13.7. The molecule has 0 bridgehead atoms. The van der Waals surface area contributed by atoms with E-state index in [1.165, 1.54) is 12.1 Å². The zero-order valence-electron chi connectivity index (χ0n) is 12.4. The fraction of sp³-hybridized carbons (Fsp3) is 0.111. The molecule has 0 aliphatic heterocycles. The predicted octanol–water partition coefficient (Wildman–Crippen LogP) is 4.24. The molecule has 3 nitrogen and oxygen atoms in total. The van der Waals surface area contributed by atoms with Crippen LogP contribution in [-0.4, -0.2) is 10.9 Å². The molecule has 0 unspecified atom stereocenters. The van der Waals surface area contributed by atoms with Gasteiger partial charge in [0.05, 0.1) is 16.8 Å². The summed E-state index contributed by atoms with van der Waals surface area (Å²) >= 11 is 0. The lowest BCUT2D eigenvalue weighted by Crippen LogP contribution is -2.14. The van der Waals surface area contributed by atoms with Gasteiger partial charge in [0, 0.05) is 11.1 Å². The molecule has 2 aromatic carbocycles. The van der Waals surface area contributed by atoms with Crippen LogP contribution in [0.3, 0.4) is 0 Å². The molecule has 0 saturated carbocycles. The number of carbonyl (C=O) groups is 1. The van der Waals surface area contributed by atoms with Gasteiger partial charge >= 0.3 is 0 Å². The average molecular weight is 294 g/mol. The molecule has 3 rings (SSSR count). The number of hydrogen-bond donors (Lipinski definition) is 1. The van der Waals surface area contributed by atoms with E-state index in [1.807, 2.05) is 32.0 Å². The molecule has 0 aliphatic carbocycles. The normalized spacial score (nSPS) is 10.7. The number of aromatic nitrogens is 1. The molecule has 0 spiro atoms. The Labute approximate surface area is 127 Å². The van der Waals surface area contributed by atoms with Crippen LogP contribution in [0.2, 0.25) is 0 Å². The van der Waals surface area contributed by atoms with Crippen molar-refractivity contribution in [1.29, 1.82) is 0 Å². The quantitative estimate of drug-likeness (QED) is 0.768. The van der Waals surface area contributed by atoms with Crippen LogP contribution in [0, 0.1) is 19.7 Å². The summed E-state index contributed by atoms with van der Waals surface area (Å²) in [7, 11) is 0. The van der Waals surface area contributed by atoms with Gasteiger partial charge in [-0.3, -0.25) is 9.78 Å². The highest BCUT2D eigenvalue weighted by Crippen LogP contribution is 2.22. The first-order chi connectivity index (χ1) is 10.5. The molecule has 1 heterocycles. The van der Waals surface area contributed by atoms with Gasteiger partial charge in [-0.05, 0) is 44.2 Å². The van der Waals surface area contributed by atoms with E-state index in [9.17, 15) is 9.18 Å². The molecule has 1 N–H and O–H groups in total. The van der Waals surface area contributed by atoms with E-state index in [-0.39, 0.29) is 11.6 Å². The van der Waals surface area contributed by atoms with Crippen molar-refractivity contribution in [2.45, 2.75) is 13.8 Å². The monoisotopic (exact) mass is 294 g/mol. The van der Waals surface area contributed by atoms with Crippen LogP contribution in [0.5, 0.6) is 0 Å². The standard InChI is InChI=1S/C18H15FN2O/c1-11-7-8-16-13(9-11)14(10-12(2)20-16)18(22)21-17-6-4-3-5-15(17)19/h3-10H,1-2H3,(H,21,22). The number of halogens is 1. The topological polar surface area (TPSA) is 42.0 Å². The number of hydrogen-bond acceptors (Lipinski definition) is 2. The van der Waals surface area contributed by atoms with Gasteiger partial charge in [0.2, 0.25) is 0 Å². The van der Waals surface area contributed by atoms with Crippen molar-refractivity contribution in [3.8, 4) is 0 Å². The van der Waals surface area contributed by atoms with Crippen molar-refractivity contribution < 1.29 is 9.18 Å². The van der Waals surface area contributed by atoms with E-state index in [0.717, 1.165) is 22.2 Å². The van der Waals surface area contributed by atoms with Crippen molar-refractivity contribution in [2.75, 3.05) is 5.32 Å². The van der Waals surface area contributed by atoms with E-state index >= 15 is 0 Å². The maximum atomic E-state index is 13.7. The molecule has 0 aliphatic rings. The number of nitrogens with one attached hydrogen (secondary N) is 1. The molecule has 3 aromatic rings. The summed E-state index contributed by atoms with van der Waals surface area (Å²) in [5.41, 5.74) is 3.20. The first-order valence-electron chi connectivity index (χ1n) is 6.98. The minimum absolute atomic E-state index is 0.169. The number of rotatable bonds is 2. The summed E-state index contributed by atoms with van der Waals surface area (Å²) < 4.78 is 13.7. The molecule has 0 atom stereocenters. The van der Waals surface area contributed by atoms with Crippen molar-refractivity contribution in [3.63, 3.8) is 0 Å². The highest BCUT2D eigenvalue weighted by atomic mass is 19.1. The number of carbonyl (C=O) groups excluding carboxylic acids is 1. The minimum Gasteiger partial charge on any atom is -0.319 e. The van der Waals surface area contributed by atoms with Gasteiger partial charge in [0.1, 0.15) is 5.82 Å². The molecule has 4 heteroatoms. The third-order valence-electron chi connectivity index (χ3n) is 3.46. The number of anilines is 1. The van der Waals surface area contributed by atoms with Gasteiger partial charge in [-0.2, -0.15) is 0 Å². The maximum Gasteiger partial charge on any atom is 0.256 e. The summed E-state index contributed by atoms with van der Waals surface area (Å²) in [6.07, 6.45) is 0. The Morgan fingerprint density at radius 2 is 1.86 bits per heavy atom. The van der Waals surface area contributed by atoms with Crippen LogP contribution in [0.25, 0.3) is 10.9 Å². The predicted molar refractivity (Wildman–Crippen MR) is 85.6 cm³/mol. The third kappa shape index (κ3) is 2.68. The van der Waals surface area contributed by atoms with E-state index < -0.39 is 5.82 Å². The van der Waals surface area contributed by atoms with Crippen LogP contribution in [0.4, 0.5) is 10.1 Å². The molecular weight excluding hydrogens is 279 g/mol.